The van der Waals surface area contributed by atoms with Crippen molar-refractivity contribution >= 4 is 0 Å². The lowest BCUT2D eigenvalue weighted by molar-refractivity contribution is 0.511. The zero-order valence-corrected chi connectivity index (χ0v) is 13.3. The molecule has 0 saturated heterocycles. The average Bonchev–Trinajstić information content (AvgIpc) is 2.45. The van der Waals surface area contributed by atoms with Gasteiger partial charge >= 0.3 is 0 Å². The second-order valence-electron chi connectivity index (χ2n) is 6.66. The van der Waals surface area contributed by atoms with Crippen LogP contribution >= 0.6 is 0 Å². The SMILES string of the molecule is CCC(N)(c1ccc(C(C)(C)C)cc1)c1cccc(F)c1. The molecule has 0 aliphatic rings. The van der Waals surface area contributed by atoms with E-state index in [-0.39, 0.29) is 11.2 Å². The summed E-state index contributed by atoms with van der Waals surface area (Å²) >= 11 is 0. The van der Waals surface area contributed by atoms with Crippen molar-refractivity contribution in [3.05, 3.63) is 71.0 Å². The van der Waals surface area contributed by atoms with E-state index < -0.39 is 5.54 Å². The second-order valence-corrected chi connectivity index (χ2v) is 6.66. The van der Waals surface area contributed by atoms with Crippen LogP contribution in [0.2, 0.25) is 0 Å². The van der Waals surface area contributed by atoms with Gasteiger partial charge < -0.3 is 5.73 Å². The second kappa shape index (κ2) is 5.61. The smallest absolute Gasteiger partial charge is 0.123 e. The van der Waals surface area contributed by atoms with E-state index in [2.05, 4.69) is 45.0 Å². The van der Waals surface area contributed by atoms with Gasteiger partial charge in [-0.2, -0.15) is 0 Å². The lowest BCUT2D eigenvalue weighted by Gasteiger charge is -2.30. The molecule has 0 bridgehead atoms. The van der Waals surface area contributed by atoms with Crippen molar-refractivity contribution in [1.29, 1.82) is 0 Å². The molecule has 0 fully saturated rings. The number of nitrogens with two attached hydrogens (primary N) is 1. The molecule has 1 unspecified atom stereocenters. The molecule has 2 aromatic carbocycles. The number of rotatable bonds is 3. The molecular weight excluding hydrogens is 261 g/mol. The highest BCUT2D eigenvalue weighted by atomic mass is 19.1. The first-order valence-electron chi connectivity index (χ1n) is 7.43. The number of hydrogen-bond acceptors (Lipinski definition) is 1. The number of hydrogen-bond donors (Lipinski definition) is 1. The topological polar surface area (TPSA) is 26.0 Å². The van der Waals surface area contributed by atoms with Crippen molar-refractivity contribution in [2.75, 3.05) is 0 Å². The molecular formula is C19H24FN. The van der Waals surface area contributed by atoms with Crippen LogP contribution in [-0.4, -0.2) is 0 Å². The van der Waals surface area contributed by atoms with Crippen LogP contribution in [0, 0.1) is 5.82 Å². The quantitative estimate of drug-likeness (QED) is 0.866. The van der Waals surface area contributed by atoms with E-state index in [1.165, 1.54) is 17.7 Å². The molecule has 1 atom stereocenters. The fraction of sp³-hybridized carbons (Fsp3) is 0.368. The Morgan fingerprint density at radius 2 is 1.48 bits per heavy atom. The minimum absolute atomic E-state index is 0.112. The van der Waals surface area contributed by atoms with Crippen molar-refractivity contribution in [3.8, 4) is 0 Å². The molecule has 0 aliphatic heterocycles. The van der Waals surface area contributed by atoms with Crippen LogP contribution in [-0.2, 0) is 11.0 Å². The summed E-state index contributed by atoms with van der Waals surface area (Å²) in [6, 6.07) is 14.9. The molecule has 21 heavy (non-hydrogen) atoms. The predicted molar refractivity (Wildman–Crippen MR) is 86.8 cm³/mol. The maximum atomic E-state index is 13.5. The summed E-state index contributed by atoms with van der Waals surface area (Å²) in [4.78, 5) is 0. The molecule has 0 aliphatic carbocycles. The predicted octanol–water partition coefficient (Wildman–Crippen LogP) is 4.74. The largest absolute Gasteiger partial charge is 0.318 e. The highest BCUT2D eigenvalue weighted by molar-refractivity contribution is 5.40. The number of benzene rings is 2. The van der Waals surface area contributed by atoms with Crippen molar-refractivity contribution in [2.24, 2.45) is 5.73 Å². The standard InChI is InChI=1S/C19H24FN/c1-5-19(21,16-7-6-8-17(20)13-16)15-11-9-14(10-12-15)18(2,3)4/h6-13H,5,21H2,1-4H3. The molecule has 0 amide bonds. The first kappa shape index (κ1) is 15.7. The normalized spacial score (nSPS) is 14.8. The first-order valence-corrected chi connectivity index (χ1v) is 7.43. The van der Waals surface area contributed by atoms with Gasteiger partial charge in [0.1, 0.15) is 5.82 Å². The maximum absolute atomic E-state index is 13.5. The fourth-order valence-corrected chi connectivity index (χ4v) is 2.61. The van der Waals surface area contributed by atoms with Crippen LogP contribution in [0.5, 0.6) is 0 Å². The minimum Gasteiger partial charge on any atom is -0.318 e. The molecule has 2 rings (SSSR count). The van der Waals surface area contributed by atoms with E-state index in [9.17, 15) is 4.39 Å². The summed E-state index contributed by atoms with van der Waals surface area (Å²) in [6.45, 7) is 8.58. The Morgan fingerprint density at radius 1 is 0.905 bits per heavy atom. The van der Waals surface area contributed by atoms with Gasteiger partial charge in [0.25, 0.3) is 0 Å². The molecule has 0 heterocycles. The van der Waals surface area contributed by atoms with Gasteiger partial charge in [0.15, 0.2) is 0 Å². The average molecular weight is 285 g/mol. The first-order chi connectivity index (χ1) is 9.77. The van der Waals surface area contributed by atoms with Crippen LogP contribution in [0.15, 0.2) is 48.5 Å². The van der Waals surface area contributed by atoms with E-state index in [4.69, 9.17) is 5.73 Å². The van der Waals surface area contributed by atoms with E-state index in [0.717, 1.165) is 11.1 Å². The van der Waals surface area contributed by atoms with Gasteiger partial charge in [0.2, 0.25) is 0 Å². The van der Waals surface area contributed by atoms with Crippen LogP contribution in [0.25, 0.3) is 0 Å². The van der Waals surface area contributed by atoms with Gasteiger partial charge in [-0.1, -0.05) is 64.1 Å². The Kier molecular flexibility index (Phi) is 4.20. The summed E-state index contributed by atoms with van der Waals surface area (Å²) in [6.07, 6.45) is 0.714. The lowest BCUT2D eigenvalue weighted by Crippen LogP contribution is -2.37. The van der Waals surface area contributed by atoms with Crippen molar-refractivity contribution in [2.45, 2.75) is 45.1 Å². The van der Waals surface area contributed by atoms with E-state index in [1.807, 2.05) is 13.0 Å². The molecule has 112 valence electrons. The van der Waals surface area contributed by atoms with Crippen molar-refractivity contribution in [3.63, 3.8) is 0 Å². The van der Waals surface area contributed by atoms with E-state index >= 15 is 0 Å². The third-order valence-corrected chi connectivity index (χ3v) is 4.16. The van der Waals surface area contributed by atoms with Gasteiger partial charge in [-0.3, -0.25) is 0 Å². The maximum Gasteiger partial charge on any atom is 0.123 e. The monoisotopic (exact) mass is 285 g/mol. The van der Waals surface area contributed by atoms with Gasteiger partial charge in [0.05, 0.1) is 5.54 Å². The molecule has 2 N–H and O–H groups in total. The van der Waals surface area contributed by atoms with Crippen LogP contribution in [0.4, 0.5) is 4.39 Å². The molecule has 0 saturated carbocycles. The van der Waals surface area contributed by atoms with Crippen molar-refractivity contribution < 1.29 is 4.39 Å². The minimum atomic E-state index is -0.654. The Balaban J connectivity index is 2.46. The molecule has 0 aromatic heterocycles. The summed E-state index contributed by atoms with van der Waals surface area (Å²) < 4.78 is 13.5. The third-order valence-electron chi connectivity index (χ3n) is 4.16. The number of halogens is 1. The van der Waals surface area contributed by atoms with Crippen LogP contribution in [0.3, 0.4) is 0 Å². The molecule has 2 aromatic rings. The molecule has 0 radical (unpaired) electrons. The Hall–Kier alpha value is -1.67. The molecule has 2 heteroatoms. The van der Waals surface area contributed by atoms with E-state index in [0.29, 0.717) is 6.42 Å². The van der Waals surface area contributed by atoms with Gasteiger partial charge in [-0.15, -0.1) is 0 Å². The van der Waals surface area contributed by atoms with Crippen molar-refractivity contribution in [1.82, 2.24) is 0 Å². The van der Waals surface area contributed by atoms with Gasteiger partial charge in [-0.25, -0.2) is 4.39 Å². The highest BCUT2D eigenvalue weighted by Gasteiger charge is 2.28. The Labute approximate surface area is 127 Å². The van der Waals surface area contributed by atoms with Crippen LogP contribution in [0.1, 0.15) is 50.8 Å². The Morgan fingerprint density at radius 3 is 1.95 bits per heavy atom. The lowest BCUT2D eigenvalue weighted by atomic mass is 9.79. The highest BCUT2D eigenvalue weighted by Crippen LogP contribution is 2.32. The third kappa shape index (κ3) is 3.16. The zero-order chi connectivity index (χ0) is 15.7. The fourth-order valence-electron chi connectivity index (χ4n) is 2.61. The summed E-state index contributed by atoms with van der Waals surface area (Å²) in [5.41, 5.74) is 9.16. The molecule has 0 spiro atoms. The van der Waals surface area contributed by atoms with Crippen LogP contribution < -0.4 is 5.73 Å². The molecule has 1 nitrogen and oxygen atoms in total. The van der Waals surface area contributed by atoms with Gasteiger partial charge in [0, 0.05) is 0 Å². The summed E-state index contributed by atoms with van der Waals surface area (Å²) in [5.74, 6) is -0.248. The van der Waals surface area contributed by atoms with Gasteiger partial charge in [-0.05, 0) is 40.7 Å². The zero-order valence-electron chi connectivity index (χ0n) is 13.3. The summed E-state index contributed by atoms with van der Waals surface area (Å²) in [7, 11) is 0. The Bertz CT molecular complexity index is 610. The van der Waals surface area contributed by atoms with E-state index in [1.54, 1.807) is 6.07 Å². The summed E-state index contributed by atoms with van der Waals surface area (Å²) in [5, 5.41) is 0.